The fourth-order valence-corrected chi connectivity index (χ4v) is 3.52. The van der Waals surface area contributed by atoms with Gasteiger partial charge in [0.15, 0.2) is 0 Å². The third kappa shape index (κ3) is 4.31. The van der Waals surface area contributed by atoms with E-state index in [-0.39, 0.29) is 5.91 Å². The first-order valence-corrected chi connectivity index (χ1v) is 8.79. The minimum atomic E-state index is -1.03. The molecule has 0 aromatic heterocycles. The highest BCUT2D eigenvalue weighted by Crippen LogP contribution is 2.23. The summed E-state index contributed by atoms with van der Waals surface area (Å²) < 4.78 is 0. The van der Waals surface area contributed by atoms with E-state index in [1.807, 2.05) is 0 Å². The average molecular weight is 366 g/mol. The third-order valence-electron chi connectivity index (χ3n) is 5.03. The SMILES string of the molecule is CC(=CC=C(C)C(O)N1CCC[C@@H]1C(=O)O)C(=O)N1CCC[C@@H]1C(=O)O. The van der Waals surface area contributed by atoms with E-state index in [2.05, 4.69) is 0 Å². The number of nitrogens with zero attached hydrogens (tertiary/aromatic N) is 2. The fourth-order valence-electron chi connectivity index (χ4n) is 3.52. The summed E-state index contributed by atoms with van der Waals surface area (Å²) in [5, 5.41) is 28.8. The number of rotatable bonds is 6. The molecule has 1 amide bonds. The van der Waals surface area contributed by atoms with Gasteiger partial charge in [-0.1, -0.05) is 12.2 Å². The largest absolute Gasteiger partial charge is 0.480 e. The molecule has 144 valence electrons. The number of aliphatic hydroxyl groups excluding tert-OH is 1. The van der Waals surface area contributed by atoms with Crippen molar-refractivity contribution in [3.63, 3.8) is 0 Å². The monoisotopic (exact) mass is 366 g/mol. The molecular formula is C18H26N2O6. The van der Waals surface area contributed by atoms with Crippen molar-refractivity contribution < 1.29 is 29.7 Å². The zero-order chi connectivity index (χ0) is 19.4. The molecule has 0 saturated carbocycles. The van der Waals surface area contributed by atoms with Gasteiger partial charge in [-0.15, -0.1) is 0 Å². The van der Waals surface area contributed by atoms with Gasteiger partial charge in [-0.3, -0.25) is 14.5 Å². The number of allylic oxidation sites excluding steroid dienone is 2. The second-order valence-corrected chi connectivity index (χ2v) is 6.86. The second-order valence-electron chi connectivity index (χ2n) is 6.86. The summed E-state index contributed by atoms with van der Waals surface area (Å²) in [7, 11) is 0. The Bertz CT molecular complexity index is 642. The van der Waals surface area contributed by atoms with Crippen LogP contribution in [0.15, 0.2) is 23.3 Å². The van der Waals surface area contributed by atoms with Gasteiger partial charge in [0, 0.05) is 18.7 Å². The Morgan fingerprint density at radius 1 is 0.962 bits per heavy atom. The van der Waals surface area contributed by atoms with Gasteiger partial charge in [0.1, 0.15) is 18.3 Å². The van der Waals surface area contributed by atoms with E-state index in [0.717, 1.165) is 0 Å². The molecular weight excluding hydrogens is 340 g/mol. The third-order valence-corrected chi connectivity index (χ3v) is 5.03. The van der Waals surface area contributed by atoms with E-state index >= 15 is 0 Å². The lowest BCUT2D eigenvalue weighted by Gasteiger charge is -2.27. The van der Waals surface area contributed by atoms with Crippen molar-refractivity contribution in [1.82, 2.24) is 9.80 Å². The van der Waals surface area contributed by atoms with Gasteiger partial charge in [0.25, 0.3) is 0 Å². The molecule has 26 heavy (non-hydrogen) atoms. The summed E-state index contributed by atoms with van der Waals surface area (Å²) in [6, 6.07) is -1.50. The highest BCUT2D eigenvalue weighted by Gasteiger charge is 2.35. The van der Waals surface area contributed by atoms with Crippen LogP contribution in [0.4, 0.5) is 0 Å². The Morgan fingerprint density at radius 2 is 1.54 bits per heavy atom. The van der Waals surface area contributed by atoms with E-state index < -0.39 is 30.3 Å². The molecule has 3 N–H and O–H groups in total. The highest BCUT2D eigenvalue weighted by atomic mass is 16.4. The van der Waals surface area contributed by atoms with Crippen LogP contribution in [0.2, 0.25) is 0 Å². The quantitative estimate of drug-likeness (QED) is 0.470. The van der Waals surface area contributed by atoms with Crippen LogP contribution in [0.25, 0.3) is 0 Å². The molecule has 2 fully saturated rings. The van der Waals surface area contributed by atoms with Crippen molar-refractivity contribution in [2.75, 3.05) is 13.1 Å². The average Bonchev–Trinajstić information content (AvgIpc) is 3.26. The molecule has 0 spiro atoms. The van der Waals surface area contributed by atoms with E-state index in [9.17, 15) is 29.7 Å². The van der Waals surface area contributed by atoms with Crippen LogP contribution < -0.4 is 0 Å². The molecule has 8 heteroatoms. The summed E-state index contributed by atoms with van der Waals surface area (Å²) in [6.07, 6.45) is 4.42. The number of carbonyl (C=O) groups excluding carboxylic acids is 1. The molecule has 2 saturated heterocycles. The van der Waals surface area contributed by atoms with Crippen LogP contribution >= 0.6 is 0 Å². The Balaban J connectivity index is 2.07. The van der Waals surface area contributed by atoms with Crippen LogP contribution in [0, 0.1) is 0 Å². The predicted molar refractivity (Wildman–Crippen MR) is 93.3 cm³/mol. The van der Waals surface area contributed by atoms with Crippen LogP contribution in [0.3, 0.4) is 0 Å². The summed E-state index contributed by atoms with van der Waals surface area (Å²) in [4.78, 5) is 37.8. The number of likely N-dealkylation sites (tertiary alicyclic amines) is 2. The van der Waals surface area contributed by atoms with E-state index in [1.165, 1.54) is 9.80 Å². The first-order chi connectivity index (χ1) is 12.2. The number of hydrogen-bond donors (Lipinski definition) is 3. The number of carboxylic acids is 2. The van der Waals surface area contributed by atoms with Crippen molar-refractivity contribution in [1.29, 1.82) is 0 Å². The maximum absolute atomic E-state index is 12.5. The lowest BCUT2D eigenvalue weighted by atomic mass is 10.1. The summed E-state index contributed by atoms with van der Waals surface area (Å²) in [5.41, 5.74) is 0.905. The topological polar surface area (TPSA) is 118 Å². The van der Waals surface area contributed by atoms with Gasteiger partial charge >= 0.3 is 11.9 Å². The number of aliphatic carboxylic acids is 2. The van der Waals surface area contributed by atoms with E-state index in [1.54, 1.807) is 26.0 Å². The summed E-state index contributed by atoms with van der Waals surface area (Å²) in [6.45, 7) is 4.19. The Morgan fingerprint density at radius 3 is 2.15 bits per heavy atom. The van der Waals surface area contributed by atoms with Crippen molar-refractivity contribution in [3.05, 3.63) is 23.3 Å². The highest BCUT2D eigenvalue weighted by molar-refractivity contribution is 5.96. The standard InChI is InChI=1S/C18H26N2O6/c1-11(15(21)19-9-3-5-13(19)17(23)24)7-8-12(2)16(22)20-10-4-6-14(20)18(25)26/h7-8,13-15,21H,3-6,9-10H2,1-2H3,(H,23,24)(H,25,26)/t13-,14-,15?/m1/s1. The minimum Gasteiger partial charge on any atom is -0.480 e. The molecule has 0 aromatic carbocycles. The van der Waals surface area contributed by atoms with Gasteiger partial charge in [0.2, 0.25) is 5.91 Å². The molecule has 0 aromatic rings. The predicted octanol–water partition coefficient (Wildman–Crippen LogP) is 0.822. The molecule has 3 atom stereocenters. The minimum absolute atomic E-state index is 0.335. The van der Waals surface area contributed by atoms with Gasteiger partial charge in [0.05, 0.1) is 0 Å². The Labute approximate surface area is 152 Å². The molecule has 0 radical (unpaired) electrons. The number of carboxylic acid groups (broad SMARTS) is 2. The van der Waals surface area contributed by atoms with E-state index in [0.29, 0.717) is 49.9 Å². The number of carbonyl (C=O) groups is 3. The van der Waals surface area contributed by atoms with Crippen molar-refractivity contribution in [2.24, 2.45) is 0 Å². The zero-order valence-corrected chi connectivity index (χ0v) is 15.1. The Hall–Kier alpha value is -2.19. The molecule has 2 rings (SSSR count). The van der Waals surface area contributed by atoms with Crippen molar-refractivity contribution in [2.45, 2.75) is 57.8 Å². The van der Waals surface area contributed by atoms with Crippen LogP contribution in [-0.4, -0.2) is 74.4 Å². The van der Waals surface area contributed by atoms with Gasteiger partial charge in [-0.05, 0) is 45.1 Å². The molecule has 0 aliphatic carbocycles. The van der Waals surface area contributed by atoms with Gasteiger partial charge < -0.3 is 20.2 Å². The fraction of sp³-hybridized carbons (Fsp3) is 0.611. The first kappa shape index (κ1) is 20.1. The molecule has 8 nitrogen and oxygen atoms in total. The Kier molecular flexibility index (Phi) is 6.55. The van der Waals surface area contributed by atoms with Gasteiger partial charge in [-0.2, -0.15) is 0 Å². The molecule has 2 heterocycles. The normalized spacial score (nSPS) is 26.2. The van der Waals surface area contributed by atoms with E-state index in [4.69, 9.17) is 0 Å². The molecule has 1 unspecified atom stereocenters. The van der Waals surface area contributed by atoms with Crippen LogP contribution in [0.1, 0.15) is 39.5 Å². The molecule has 2 aliphatic rings. The van der Waals surface area contributed by atoms with Crippen LogP contribution in [0.5, 0.6) is 0 Å². The number of hydrogen-bond acceptors (Lipinski definition) is 5. The summed E-state index contributed by atoms with van der Waals surface area (Å²) in [5.74, 6) is -2.29. The summed E-state index contributed by atoms with van der Waals surface area (Å²) >= 11 is 0. The molecule has 2 aliphatic heterocycles. The maximum Gasteiger partial charge on any atom is 0.326 e. The lowest BCUT2D eigenvalue weighted by molar-refractivity contribution is -0.146. The second kappa shape index (κ2) is 8.46. The molecule has 0 bridgehead atoms. The van der Waals surface area contributed by atoms with Crippen molar-refractivity contribution >= 4 is 17.8 Å². The maximum atomic E-state index is 12.5. The smallest absolute Gasteiger partial charge is 0.326 e. The lowest BCUT2D eigenvalue weighted by Crippen LogP contribution is -2.43. The zero-order valence-electron chi connectivity index (χ0n) is 15.1. The first-order valence-electron chi connectivity index (χ1n) is 8.79. The number of amides is 1. The van der Waals surface area contributed by atoms with Crippen molar-refractivity contribution in [3.8, 4) is 0 Å². The number of aliphatic hydroxyl groups is 1. The van der Waals surface area contributed by atoms with Gasteiger partial charge in [-0.25, -0.2) is 4.79 Å². The van der Waals surface area contributed by atoms with Crippen LogP contribution in [-0.2, 0) is 14.4 Å².